The number of rotatable bonds is 5. The molecule has 33 heavy (non-hydrogen) atoms. The van der Waals surface area contributed by atoms with Crippen molar-refractivity contribution in [2.45, 2.75) is 50.5 Å². The molecular formula is C25H31N3O4S. The summed E-state index contributed by atoms with van der Waals surface area (Å²) < 4.78 is 28.3. The molecule has 0 unspecified atom stereocenters. The Labute approximate surface area is 195 Å². The molecule has 1 saturated heterocycles. The average Bonchev–Trinajstić information content (AvgIpc) is 2.98. The molecule has 4 rings (SSSR count). The average molecular weight is 470 g/mol. The summed E-state index contributed by atoms with van der Waals surface area (Å²) in [6.45, 7) is 6.58. The number of hydrogen-bond donors (Lipinski definition) is 1. The lowest BCUT2D eigenvalue weighted by atomic mass is 9.86. The molecule has 0 aromatic heterocycles. The summed E-state index contributed by atoms with van der Waals surface area (Å²) in [7, 11) is -2.08. The number of benzene rings is 2. The number of nitrogens with one attached hydrogen (secondary N) is 1. The second-order valence-electron chi connectivity index (χ2n) is 9.57. The normalized spacial score (nSPS) is 20.5. The van der Waals surface area contributed by atoms with Crippen LogP contribution in [0.4, 0.5) is 5.69 Å². The van der Waals surface area contributed by atoms with Gasteiger partial charge in [0, 0.05) is 32.4 Å². The molecule has 7 nitrogen and oxygen atoms in total. The molecule has 2 aromatic rings. The molecule has 1 N–H and O–H groups in total. The quantitative estimate of drug-likeness (QED) is 0.729. The molecule has 2 heterocycles. The van der Waals surface area contributed by atoms with Gasteiger partial charge in [-0.15, -0.1) is 0 Å². The van der Waals surface area contributed by atoms with Crippen molar-refractivity contribution in [2.24, 2.45) is 5.92 Å². The first kappa shape index (κ1) is 23.4. The fourth-order valence-electron chi connectivity index (χ4n) is 4.68. The topological polar surface area (TPSA) is 86.8 Å². The summed E-state index contributed by atoms with van der Waals surface area (Å²) in [4.78, 5) is 27.1. The van der Waals surface area contributed by atoms with Crippen LogP contribution in [-0.4, -0.2) is 44.7 Å². The first-order valence-corrected chi connectivity index (χ1v) is 12.7. The van der Waals surface area contributed by atoms with E-state index in [1.807, 2.05) is 45.0 Å². The molecule has 0 saturated carbocycles. The summed E-state index contributed by atoms with van der Waals surface area (Å²) in [5.74, 6) is -0.578. The van der Waals surface area contributed by atoms with E-state index in [2.05, 4.69) is 5.32 Å². The lowest BCUT2D eigenvalue weighted by Gasteiger charge is -2.31. The lowest BCUT2D eigenvalue weighted by Crippen LogP contribution is -2.45. The highest BCUT2D eigenvalue weighted by atomic mass is 32.2. The predicted molar refractivity (Wildman–Crippen MR) is 127 cm³/mol. The van der Waals surface area contributed by atoms with Crippen molar-refractivity contribution in [3.8, 4) is 0 Å². The van der Waals surface area contributed by atoms with E-state index in [0.29, 0.717) is 31.5 Å². The van der Waals surface area contributed by atoms with Gasteiger partial charge in [-0.2, -0.15) is 4.31 Å². The highest BCUT2D eigenvalue weighted by Crippen LogP contribution is 2.42. The summed E-state index contributed by atoms with van der Waals surface area (Å²) in [6.07, 6.45) is 1.28. The molecule has 0 bridgehead atoms. The molecular weight excluding hydrogens is 438 g/mol. The van der Waals surface area contributed by atoms with Gasteiger partial charge in [0.1, 0.15) is 0 Å². The van der Waals surface area contributed by atoms with Crippen LogP contribution in [0.1, 0.15) is 43.4 Å². The van der Waals surface area contributed by atoms with Crippen LogP contribution in [0.15, 0.2) is 47.4 Å². The van der Waals surface area contributed by atoms with Crippen LogP contribution in [0, 0.1) is 12.8 Å². The molecule has 0 spiro atoms. The van der Waals surface area contributed by atoms with Crippen LogP contribution in [-0.2, 0) is 31.6 Å². The third-order valence-electron chi connectivity index (χ3n) is 6.82. The number of likely N-dealkylation sites (N-methyl/N-ethyl adjacent to an activating group) is 1. The van der Waals surface area contributed by atoms with Crippen LogP contribution in [0.2, 0.25) is 0 Å². The molecule has 0 radical (unpaired) electrons. The number of carbonyl (C=O) groups is 2. The van der Waals surface area contributed by atoms with Crippen molar-refractivity contribution in [2.75, 3.05) is 25.0 Å². The molecule has 2 aliphatic rings. The van der Waals surface area contributed by atoms with Crippen molar-refractivity contribution in [1.82, 2.24) is 9.62 Å². The summed E-state index contributed by atoms with van der Waals surface area (Å²) in [6, 6.07) is 12.8. The van der Waals surface area contributed by atoms with Crippen molar-refractivity contribution < 1.29 is 18.0 Å². The van der Waals surface area contributed by atoms with Gasteiger partial charge in [0.25, 0.3) is 0 Å². The minimum absolute atomic E-state index is 0.0599. The van der Waals surface area contributed by atoms with Crippen LogP contribution in [0.25, 0.3) is 0 Å². The molecule has 2 aromatic carbocycles. The first-order valence-electron chi connectivity index (χ1n) is 11.3. The van der Waals surface area contributed by atoms with Crippen LogP contribution >= 0.6 is 0 Å². The van der Waals surface area contributed by atoms with Gasteiger partial charge in [-0.25, -0.2) is 8.42 Å². The Morgan fingerprint density at radius 3 is 2.55 bits per heavy atom. The van der Waals surface area contributed by atoms with Crippen molar-refractivity contribution in [1.29, 1.82) is 0 Å². The lowest BCUT2D eigenvalue weighted by molar-refractivity contribution is -0.126. The zero-order valence-corrected chi connectivity index (χ0v) is 20.4. The van der Waals surface area contributed by atoms with Gasteiger partial charge in [-0.3, -0.25) is 9.59 Å². The van der Waals surface area contributed by atoms with Gasteiger partial charge < -0.3 is 10.2 Å². The number of fused-ring (bicyclic) bond motifs is 1. The van der Waals surface area contributed by atoms with Crippen LogP contribution in [0.3, 0.4) is 0 Å². The van der Waals surface area contributed by atoms with Crippen LogP contribution < -0.4 is 10.2 Å². The number of sulfonamides is 1. The van der Waals surface area contributed by atoms with E-state index in [9.17, 15) is 18.0 Å². The van der Waals surface area contributed by atoms with Gasteiger partial charge in [0.15, 0.2) is 0 Å². The third kappa shape index (κ3) is 4.29. The second kappa shape index (κ2) is 8.57. The second-order valence-corrected chi connectivity index (χ2v) is 11.5. The Kier molecular flexibility index (Phi) is 6.09. The highest BCUT2D eigenvalue weighted by Gasteiger charge is 2.43. The summed E-state index contributed by atoms with van der Waals surface area (Å²) >= 11 is 0. The number of hydrogen-bond acceptors (Lipinski definition) is 4. The van der Waals surface area contributed by atoms with E-state index in [0.717, 1.165) is 16.8 Å². The zero-order chi connectivity index (χ0) is 24.0. The largest absolute Gasteiger partial charge is 0.352 e. The number of aryl methyl sites for hydroxylation is 1. The molecule has 1 atom stereocenters. The highest BCUT2D eigenvalue weighted by molar-refractivity contribution is 7.89. The summed E-state index contributed by atoms with van der Waals surface area (Å²) in [5.41, 5.74) is 2.82. The van der Waals surface area contributed by atoms with E-state index < -0.39 is 21.4 Å². The van der Waals surface area contributed by atoms with Gasteiger partial charge in [-0.1, -0.05) is 29.8 Å². The first-order chi connectivity index (χ1) is 15.5. The Morgan fingerprint density at radius 1 is 1.15 bits per heavy atom. The zero-order valence-electron chi connectivity index (χ0n) is 19.6. The van der Waals surface area contributed by atoms with E-state index in [4.69, 9.17) is 0 Å². The SMILES string of the molecule is Cc1ccc(CNC(=O)[C@@H]2CCCN(S(=O)(=O)c3ccc4c(c3)C(C)(C)C(=O)N4C)C2)cc1. The van der Waals surface area contributed by atoms with E-state index >= 15 is 0 Å². The molecule has 2 amide bonds. The van der Waals surface area contributed by atoms with E-state index in [1.165, 1.54) is 4.31 Å². The maximum atomic E-state index is 13.4. The number of anilines is 1. The number of amides is 2. The summed E-state index contributed by atoms with van der Waals surface area (Å²) in [5, 5.41) is 2.95. The number of piperidine rings is 1. The monoisotopic (exact) mass is 469 g/mol. The molecule has 0 aliphatic carbocycles. The Balaban J connectivity index is 1.49. The Hall–Kier alpha value is -2.71. The maximum Gasteiger partial charge on any atom is 0.243 e. The third-order valence-corrected chi connectivity index (χ3v) is 8.68. The molecule has 2 aliphatic heterocycles. The standard InChI is InChI=1S/C25H31N3O4S/c1-17-7-9-18(10-8-17)15-26-23(29)19-6-5-13-28(16-19)33(31,32)20-11-12-22-21(14-20)25(2,3)24(30)27(22)4/h7-12,14,19H,5-6,13,15-16H2,1-4H3,(H,26,29)/t19-/m1/s1. The van der Waals surface area contributed by atoms with Crippen molar-refractivity contribution in [3.05, 3.63) is 59.2 Å². The minimum Gasteiger partial charge on any atom is -0.352 e. The van der Waals surface area contributed by atoms with Crippen LogP contribution in [0.5, 0.6) is 0 Å². The predicted octanol–water partition coefficient (Wildman–Crippen LogP) is 2.97. The van der Waals surface area contributed by atoms with E-state index in [-0.39, 0.29) is 23.3 Å². The van der Waals surface area contributed by atoms with Gasteiger partial charge in [0.05, 0.1) is 16.2 Å². The smallest absolute Gasteiger partial charge is 0.243 e. The van der Waals surface area contributed by atoms with Gasteiger partial charge >= 0.3 is 0 Å². The Morgan fingerprint density at radius 2 is 1.85 bits per heavy atom. The van der Waals surface area contributed by atoms with Crippen molar-refractivity contribution in [3.63, 3.8) is 0 Å². The Bertz CT molecular complexity index is 1190. The van der Waals surface area contributed by atoms with E-state index in [1.54, 1.807) is 30.1 Å². The molecule has 1 fully saturated rings. The van der Waals surface area contributed by atoms with Gasteiger partial charge in [-0.05, 0) is 62.9 Å². The van der Waals surface area contributed by atoms with Gasteiger partial charge in [0.2, 0.25) is 21.8 Å². The molecule has 8 heteroatoms. The molecule has 176 valence electrons. The van der Waals surface area contributed by atoms with Crippen molar-refractivity contribution >= 4 is 27.5 Å². The maximum absolute atomic E-state index is 13.4. The fraction of sp³-hybridized carbons (Fsp3) is 0.440. The number of nitrogens with zero attached hydrogens (tertiary/aromatic N) is 2. The number of carbonyl (C=O) groups excluding carboxylic acids is 2. The fourth-order valence-corrected chi connectivity index (χ4v) is 6.23. The minimum atomic E-state index is -3.78.